The first-order chi connectivity index (χ1) is 10.8. The van der Waals surface area contributed by atoms with Crippen molar-refractivity contribution in [3.05, 3.63) is 23.2 Å². The van der Waals surface area contributed by atoms with Crippen LogP contribution in [-0.4, -0.2) is 36.4 Å². The summed E-state index contributed by atoms with van der Waals surface area (Å²) in [5.74, 6) is 0. The number of hydrogen-bond donors (Lipinski definition) is 3. The molecular formula is C16H24ClN3O3. The van der Waals surface area contributed by atoms with Crippen LogP contribution in [0.2, 0.25) is 5.02 Å². The highest BCUT2D eigenvalue weighted by molar-refractivity contribution is 6.33. The minimum absolute atomic E-state index is 0.00489. The number of rotatable bonds is 5. The van der Waals surface area contributed by atoms with Gasteiger partial charge in [-0.3, -0.25) is 4.84 Å². The van der Waals surface area contributed by atoms with Gasteiger partial charge in [-0.15, -0.1) is 0 Å². The third-order valence-corrected chi connectivity index (χ3v) is 3.80. The number of amides is 2. The van der Waals surface area contributed by atoms with Crippen molar-refractivity contribution in [2.75, 3.05) is 29.9 Å². The number of hydrogen-bond acceptors (Lipinski definition) is 4. The predicted octanol–water partition coefficient (Wildman–Crippen LogP) is 3.15. The summed E-state index contributed by atoms with van der Waals surface area (Å²) in [6.07, 6.45) is 3.62. The first-order valence-corrected chi connectivity index (χ1v) is 8.19. The molecule has 1 aliphatic heterocycles. The Kier molecular flexibility index (Phi) is 6.10. The summed E-state index contributed by atoms with van der Waals surface area (Å²) in [5, 5.41) is 12.7. The molecule has 6 nitrogen and oxygen atoms in total. The van der Waals surface area contributed by atoms with Crippen LogP contribution in [0.15, 0.2) is 18.2 Å². The summed E-state index contributed by atoms with van der Waals surface area (Å²) in [5.41, 5.74) is 2.79. The molecule has 1 aliphatic rings. The average Bonchev–Trinajstić information content (AvgIpc) is 2.47. The van der Waals surface area contributed by atoms with Gasteiger partial charge in [-0.2, -0.15) is 0 Å². The predicted molar refractivity (Wildman–Crippen MR) is 91.9 cm³/mol. The summed E-state index contributed by atoms with van der Waals surface area (Å²) < 4.78 is 0. The van der Waals surface area contributed by atoms with Gasteiger partial charge >= 0.3 is 6.03 Å². The first-order valence-electron chi connectivity index (χ1n) is 7.81. The molecule has 1 saturated heterocycles. The van der Waals surface area contributed by atoms with Crippen LogP contribution in [0.3, 0.4) is 0 Å². The number of aliphatic hydroxyl groups is 1. The Bertz CT molecular complexity index is 540. The summed E-state index contributed by atoms with van der Waals surface area (Å²) in [7, 11) is 0. The van der Waals surface area contributed by atoms with Crippen molar-refractivity contribution in [2.45, 2.75) is 38.7 Å². The van der Waals surface area contributed by atoms with Crippen molar-refractivity contribution in [3.8, 4) is 0 Å². The van der Waals surface area contributed by atoms with Crippen molar-refractivity contribution < 1.29 is 14.7 Å². The van der Waals surface area contributed by atoms with Crippen molar-refractivity contribution in [1.29, 1.82) is 0 Å². The standard InChI is InChI=1S/C16H24ClN3O3/c1-16(2,22)11-23-19-15(21)18-12-6-7-14(13(17)10-12)20-8-4-3-5-9-20/h6-7,10,22H,3-5,8-9,11H2,1-2H3,(H2,18,19,21). The Hall–Kier alpha value is -1.50. The molecule has 7 heteroatoms. The van der Waals surface area contributed by atoms with E-state index in [1.165, 1.54) is 19.3 Å². The van der Waals surface area contributed by atoms with Crippen LogP contribution in [0.5, 0.6) is 0 Å². The molecule has 0 aromatic heterocycles. The lowest BCUT2D eigenvalue weighted by Crippen LogP contribution is -2.35. The number of anilines is 2. The molecule has 1 fully saturated rings. The van der Waals surface area contributed by atoms with Gasteiger partial charge in [0.15, 0.2) is 0 Å². The van der Waals surface area contributed by atoms with Crippen molar-refractivity contribution in [1.82, 2.24) is 5.48 Å². The van der Waals surface area contributed by atoms with Gasteiger partial charge in [0, 0.05) is 18.8 Å². The Morgan fingerprint density at radius 3 is 2.65 bits per heavy atom. The lowest BCUT2D eigenvalue weighted by atomic mass is 10.1. The molecule has 3 N–H and O–H groups in total. The highest BCUT2D eigenvalue weighted by Crippen LogP contribution is 2.30. The number of carbonyl (C=O) groups is 1. The Balaban J connectivity index is 1.88. The lowest BCUT2D eigenvalue weighted by Gasteiger charge is -2.29. The molecule has 0 radical (unpaired) electrons. The number of urea groups is 1. The van der Waals surface area contributed by atoms with Crippen molar-refractivity contribution in [3.63, 3.8) is 0 Å². The lowest BCUT2D eigenvalue weighted by molar-refractivity contribution is -0.0467. The quantitative estimate of drug-likeness (QED) is 0.719. The molecule has 0 saturated carbocycles. The van der Waals surface area contributed by atoms with Crippen LogP contribution in [0, 0.1) is 0 Å². The maximum Gasteiger partial charge on any atom is 0.343 e. The summed E-state index contributed by atoms with van der Waals surface area (Å²) in [6.45, 7) is 5.20. The van der Waals surface area contributed by atoms with E-state index in [2.05, 4.69) is 15.7 Å². The van der Waals surface area contributed by atoms with E-state index in [0.717, 1.165) is 18.8 Å². The maximum absolute atomic E-state index is 11.7. The van der Waals surface area contributed by atoms with Gasteiger partial charge in [0.25, 0.3) is 0 Å². The van der Waals surface area contributed by atoms with Crippen LogP contribution < -0.4 is 15.7 Å². The fourth-order valence-corrected chi connectivity index (χ4v) is 2.71. The molecule has 0 atom stereocenters. The zero-order valence-corrected chi connectivity index (χ0v) is 14.3. The first kappa shape index (κ1) is 17.8. The van der Waals surface area contributed by atoms with Crippen molar-refractivity contribution >= 4 is 29.0 Å². The SMILES string of the molecule is CC(C)(O)CONC(=O)Nc1ccc(N2CCCCC2)c(Cl)c1. The number of benzene rings is 1. The average molecular weight is 342 g/mol. The molecule has 2 amide bonds. The number of nitrogens with one attached hydrogen (secondary N) is 2. The number of nitrogens with zero attached hydrogens (tertiary/aromatic N) is 1. The number of carbonyl (C=O) groups excluding carboxylic acids is 1. The van der Waals surface area contributed by atoms with E-state index in [1.54, 1.807) is 19.9 Å². The number of hydroxylamine groups is 1. The van der Waals surface area contributed by atoms with Crippen LogP contribution in [0.1, 0.15) is 33.1 Å². The zero-order chi connectivity index (χ0) is 16.9. The highest BCUT2D eigenvalue weighted by atomic mass is 35.5. The van der Waals surface area contributed by atoms with E-state index >= 15 is 0 Å². The monoisotopic (exact) mass is 341 g/mol. The smallest absolute Gasteiger partial charge is 0.343 e. The third-order valence-electron chi connectivity index (χ3n) is 3.49. The van der Waals surface area contributed by atoms with E-state index < -0.39 is 11.6 Å². The summed E-state index contributed by atoms with van der Waals surface area (Å²) >= 11 is 6.33. The van der Waals surface area contributed by atoms with Gasteiger partial charge < -0.3 is 15.3 Å². The maximum atomic E-state index is 11.7. The fourth-order valence-electron chi connectivity index (χ4n) is 2.41. The Labute approximate surface area is 141 Å². The van der Waals surface area contributed by atoms with Gasteiger partial charge in [-0.1, -0.05) is 11.6 Å². The van der Waals surface area contributed by atoms with E-state index in [9.17, 15) is 9.90 Å². The van der Waals surface area contributed by atoms with Gasteiger partial charge in [0.05, 0.1) is 16.3 Å². The molecule has 0 aliphatic carbocycles. The molecular weight excluding hydrogens is 318 g/mol. The minimum Gasteiger partial charge on any atom is -0.388 e. The van der Waals surface area contributed by atoms with Gasteiger partial charge in [0.1, 0.15) is 6.61 Å². The van der Waals surface area contributed by atoms with Gasteiger partial charge in [-0.05, 0) is 51.3 Å². The topological polar surface area (TPSA) is 73.8 Å². The molecule has 1 aromatic carbocycles. The van der Waals surface area contributed by atoms with Gasteiger partial charge in [-0.25, -0.2) is 10.3 Å². The fraction of sp³-hybridized carbons (Fsp3) is 0.562. The summed E-state index contributed by atoms with van der Waals surface area (Å²) in [4.78, 5) is 18.9. The largest absolute Gasteiger partial charge is 0.388 e. The highest BCUT2D eigenvalue weighted by Gasteiger charge is 2.15. The summed E-state index contributed by atoms with van der Waals surface area (Å²) in [6, 6.07) is 4.93. The van der Waals surface area contributed by atoms with E-state index in [1.807, 2.05) is 12.1 Å². The normalized spacial score (nSPS) is 15.4. The van der Waals surface area contributed by atoms with Crippen molar-refractivity contribution in [2.24, 2.45) is 0 Å². The third kappa shape index (κ3) is 5.89. The molecule has 1 heterocycles. The number of halogens is 1. The molecule has 1 aromatic rings. The molecule has 0 bridgehead atoms. The Morgan fingerprint density at radius 1 is 1.35 bits per heavy atom. The van der Waals surface area contributed by atoms with Crippen LogP contribution >= 0.6 is 11.6 Å². The second-order valence-corrected chi connectivity index (χ2v) is 6.78. The molecule has 2 rings (SSSR count). The second kappa shape index (κ2) is 7.86. The molecule has 128 valence electrons. The minimum atomic E-state index is -1.01. The van der Waals surface area contributed by atoms with E-state index in [4.69, 9.17) is 16.4 Å². The number of piperidine rings is 1. The molecule has 0 spiro atoms. The van der Waals surface area contributed by atoms with Crippen LogP contribution in [-0.2, 0) is 4.84 Å². The van der Waals surface area contributed by atoms with E-state index in [-0.39, 0.29) is 6.61 Å². The Morgan fingerprint density at radius 2 is 2.04 bits per heavy atom. The van der Waals surface area contributed by atoms with Gasteiger partial charge in [0.2, 0.25) is 0 Å². The van der Waals surface area contributed by atoms with E-state index in [0.29, 0.717) is 10.7 Å². The van der Waals surface area contributed by atoms with Crippen LogP contribution in [0.25, 0.3) is 0 Å². The second-order valence-electron chi connectivity index (χ2n) is 6.37. The van der Waals surface area contributed by atoms with Crippen LogP contribution in [0.4, 0.5) is 16.2 Å². The zero-order valence-electron chi connectivity index (χ0n) is 13.6. The molecule has 23 heavy (non-hydrogen) atoms. The molecule has 0 unspecified atom stereocenters.